The first-order chi connectivity index (χ1) is 15.1. The van der Waals surface area contributed by atoms with E-state index in [9.17, 15) is 0 Å². The molecular formula is C24H36IN5O2. The third kappa shape index (κ3) is 7.23. The quantitative estimate of drug-likeness (QED) is 0.308. The van der Waals surface area contributed by atoms with Gasteiger partial charge in [0.1, 0.15) is 0 Å². The van der Waals surface area contributed by atoms with Crippen LogP contribution in [0.25, 0.3) is 0 Å². The fourth-order valence-electron chi connectivity index (χ4n) is 3.85. The average Bonchev–Trinajstić information content (AvgIpc) is 2.80. The molecule has 0 saturated carbocycles. The molecule has 0 atom stereocenters. The van der Waals surface area contributed by atoms with Crippen LogP contribution < -0.4 is 14.8 Å². The lowest BCUT2D eigenvalue weighted by Gasteiger charge is -2.36. The van der Waals surface area contributed by atoms with E-state index in [0.717, 1.165) is 69.7 Å². The highest BCUT2D eigenvalue weighted by Crippen LogP contribution is 2.28. The third-order valence-corrected chi connectivity index (χ3v) is 5.64. The molecule has 2 aromatic rings. The highest BCUT2D eigenvalue weighted by atomic mass is 127. The second kappa shape index (κ2) is 13.5. The van der Waals surface area contributed by atoms with Gasteiger partial charge in [0, 0.05) is 58.2 Å². The van der Waals surface area contributed by atoms with Crippen LogP contribution in [0.4, 0.5) is 0 Å². The van der Waals surface area contributed by atoms with Gasteiger partial charge in [0.2, 0.25) is 0 Å². The van der Waals surface area contributed by atoms with E-state index in [1.54, 1.807) is 14.2 Å². The number of nitrogens with zero attached hydrogens (tertiary/aromatic N) is 4. The molecule has 1 aliphatic rings. The van der Waals surface area contributed by atoms with Crippen molar-refractivity contribution in [2.45, 2.75) is 26.8 Å². The van der Waals surface area contributed by atoms with E-state index in [0.29, 0.717) is 0 Å². The van der Waals surface area contributed by atoms with Crippen molar-refractivity contribution in [3.63, 3.8) is 0 Å². The zero-order chi connectivity index (χ0) is 22.1. The molecule has 176 valence electrons. The third-order valence-electron chi connectivity index (χ3n) is 5.64. The van der Waals surface area contributed by atoms with Crippen LogP contribution in [0.3, 0.4) is 0 Å². The summed E-state index contributed by atoms with van der Waals surface area (Å²) in [6.45, 7) is 10.7. The molecule has 32 heavy (non-hydrogen) atoms. The topological polar surface area (TPSA) is 62.2 Å². The molecule has 8 heteroatoms. The lowest BCUT2D eigenvalue weighted by atomic mass is 10.1. The molecule has 2 heterocycles. The van der Waals surface area contributed by atoms with Gasteiger partial charge in [0.05, 0.1) is 14.2 Å². The first kappa shape index (κ1) is 26.2. The van der Waals surface area contributed by atoms with E-state index < -0.39 is 0 Å². The van der Waals surface area contributed by atoms with Crippen molar-refractivity contribution in [1.82, 2.24) is 20.1 Å². The molecule has 0 bridgehead atoms. The molecule has 1 aliphatic heterocycles. The fraction of sp³-hybridized carbons (Fsp3) is 0.500. The van der Waals surface area contributed by atoms with Crippen LogP contribution in [0.1, 0.15) is 23.6 Å². The zero-order valence-electron chi connectivity index (χ0n) is 19.6. The van der Waals surface area contributed by atoms with Crippen molar-refractivity contribution in [1.29, 1.82) is 0 Å². The van der Waals surface area contributed by atoms with Gasteiger partial charge in [-0.05, 0) is 55.2 Å². The maximum absolute atomic E-state index is 5.44. The Hall–Kier alpha value is -2.07. The number of benzene rings is 1. The van der Waals surface area contributed by atoms with Crippen LogP contribution in [-0.2, 0) is 13.0 Å². The smallest absolute Gasteiger partial charge is 0.194 e. The van der Waals surface area contributed by atoms with Crippen molar-refractivity contribution in [2.75, 3.05) is 53.5 Å². The Morgan fingerprint density at radius 2 is 1.84 bits per heavy atom. The van der Waals surface area contributed by atoms with Gasteiger partial charge in [-0.2, -0.15) is 0 Å². The highest BCUT2D eigenvalue weighted by molar-refractivity contribution is 14.0. The molecule has 1 aromatic carbocycles. The highest BCUT2D eigenvalue weighted by Gasteiger charge is 2.20. The number of aliphatic imine (C=N–C) groups is 1. The van der Waals surface area contributed by atoms with Gasteiger partial charge in [0.15, 0.2) is 17.5 Å². The predicted octanol–water partition coefficient (Wildman–Crippen LogP) is 3.35. The van der Waals surface area contributed by atoms with E-state index in [1.807, 2.05) is 18.5 Å². The van der Waals surface area contributed by atoms with Gasteiger partial charge in [-0.15, -0.1) is 24.0 Å². The summed E-state index contributed by atoms with van der Waals surface area (Å²) in [5, 5.41) is 3.46. The number of guanidine groups is 1. The van der Waals surface area contributed by atoms with Crippen LogP contribution >= 0.6 is 24.0 Å². The van der Waals surface area contributed by atoms with Gasteiger partial charge >= 0.3 is 0 Å². The molecule has 0 aliphatic carbocycles. The molecule has 0 spiro atoms. The van der Waals surface area contributed by atoms with Crippen LogP contribution in [0.15, 0.2) is 41.7 Å². The van der Waals surface area contributed by atoms with E-state index >= 15 is 0 Å². The number of aryl methyl sites for hydroxylation is 1. The number of piperazine rings is 1. The number of aromatic nitrogens is 1. The first-order valence-electron chi connectivity index (χ1n) is 11.0. The fourth-order valence-corrected chi connectivity index (χ4v) is 3.85. The second-order valence-electron chi connectivity index (χ2n) is 7.74. The van der Waals surface area contributed by atoms with Gasteiger partial charge in [-0.25, -0.2) is 0 Å². The number of rotatable bonds is 8. The molecule has 0 unspecified atom stereocenters. The minimum absolute atomic E-state index is 0. The monoisotopic (exact) mass is 553 g/mol. The number of methoxy groups -OCH3 is 2. The molecule has 3 rings (SSSR count). The summed E-state index contributed by atoms with van der Waals surface area (Å²) >= 11 is 0. The van der Waals surface area contributed by atoms with Crippen LogP contribution in [0.5, 0.6) is 11.5 Å². The molecule has 0 amide bonds. The normalized spacial score (nSPS) is 14.6. The molecule has 7 nitrogen and oxygen atoms in total. The Kier molecular flexibility index (Phi) is 11.0. The van der Waals surface area contributed by atoms with Crippen molar-refractivity contribution in [3.8, 4) is 11.5 Å². The van der Waals surface area contributed by atoms with Gasteiger partial charge in [-0.1, -0.05) is 6.07 Å². The van der Waals surface area contributed by atoms with Crippen molar-refractivity contribution >= 4 is 29.9 Å². The summed E-state index contributed by atoms with van der Waals surface area (Å²) in [5.41, 5.74) is 3.78. The van der Waals surface area contributed by atoms with Gasteiger partial charge < -0.3 is 19.7 Å². The largest absolute Gasteiger partial charge is 0.493 e. The lowest BCUT2D eigenvalue weighted by Crippen LogP contribution is -2.52. The number of halogens is 1. The summed E-state index contributed by atoms with van der Waals surface area (Å²) in [5.74, 6) is 2.56. The average molecular weight is 553 g/mol. The Morgan fingerprint density at radius 3 is 2.50 bits per heavy atom. The summed E-state index contributed by atoms with van der Waals surface area (Å²) in [6, 6.07) is 8.24. The number of nitrogens with one attached hydrogen (secondary N) is 1. The first-order valence-corrected chi connectivity index (χ1v) is 11.0. The molecular weight excluding hydrogens is 517 g/mol. The van der Waals surface area contributed by atoms with Crippen LogP contribution in [0.2, 0.25) is 0 Å². The van der Waals surface area contributed by atoms with E-state index in [-0.39, 0.29) is 24.0 Å². The van der Waals surface area contributed by atoms with E-state index in [1.165, 1.54) is 16.7 Å². The molecule has 1 fully saturated rings. The van der Waals surface area contributed by atoms with E-state index in [4.69, 9.17) is 14.5 Å². The van der Waals surface area contributed by atoms with E-state index in [2.05, 4.69) is 52.1 Å². The standard InChI is InChI=1S/C24H35N5O2.HI/c1-5-26-24(27-11-9-21-8-10-25-17-19(21)2)29-14-12-28(13-15-29)18-20-6-7-22(30-3)23(16-20)31-4;/h6-8,10,16-17H,5,9,11-15,18H2,1-4H3,(H,26,27);1H. The lowest BCUT2D eigenvalue weighted by molar-refractivity contribution is 0.172. The molecule has 1 aromatic heterocycles. The predicted molar refractivity (Wildman–Crippen MR) is 140 cm³/mol. The van der Waals surface area contributed by atoms with Crippen molar-refractivity contribution < 1.29 is 9.47 Å². The van der Waals surface area contributed by atoms with Crippen LogP contribution in [-0.4, -0.2) is 74.2 Å². The zero-order valence-corrected chi connectivity index (χ0v) is 22.0. The Balaban J connectivity index is 0.00000363. The number of ether oxygens (including phenoxy) is 2. The van der Waals surface area contributed by atoms with Crippen LogP contribution in [0, 0.1) is 6.92 Å². The molecule has 1 saturated heterocycles. The summed E-state index contributed by atoms with van der Waals surface area (Å²) in [6.07, 6.45) is 4.71. The van der Waals surface area contributed by atoms with Crippen molar-refractivity contribution in [3.05, 3.63) is 53.3 Å². The minimum Gasteiger partial charge on any atom is -0.493 e. The number of hydrogen-bond acceptors (Lipinski definition) is 5. The number of hydrogen-bond donors (Lipinski definition) is 1. The Labute approximate surface area is 209 Å². The van der Waals surface area contributed by atoms with Crippen molar-refractivity contribution in [2.24, 2.45) is 4.99 Å². The summed E-state index contributed by atoms with van der Waals surface area (Å²) < 4.78 is 10.8. The van der Waals surface area contributed by atoms with Gasteiger partial charge in [0.25, 0.3) is 0 Å². The number of pyridine rings is 1. The SMILES string of the molecule is CCNC(=NCCc1ccncc1C)N1CCN(Cc2ccc(OC)c(OC)c2)CC1.I. The maximum atomic E-state index is 5.44. The van der Waals surface area contributed by atoms with Gasteiger partial charge in [-0.3, -0.25) is 14.9 Å². The molecule has 0 radical (unpaired) electrons. The Bertz CT molecular complexity index is 869. The second-order valence-corrected chi connectivity index (χ2v) is 7.74. The molecule has 1 N–H and O–H groups in total. The minimum atomic E-state index is 0. The summed E-state index contributed by atoms with van der Waals surface area (Å²) in [4.78, 5) is 13.9. The summed E-state index contributed by atoms with van der Waals surface area (Å²) in [7, 11) is 3.34. The maximum Gasteiger partial charge on any atom is 0.194 e. The Morgan fingerprint density at radius 1 is 1.09 bits per heavy atom.